The van der Waals surface area contributed by atoms with Crippen molar-refractivity contribution in [2.45, 2.75) is 44.2 Å². The molecule has 156 valence electrons. The fraction of sp³-hybridized carbons (Fsp3) is 0.375. The maximum atomic E-state index is 12.4. The van der Waals surface area contributed by atoms with Gasteiger partial charge < -0.3 is 4.90 Å². The van der Waals surface area contributed by atoms with E-state index >= 15 is 0 Å². The van der Waals surface area contributed by atoms with Crippen LogP contribution in [0.4, 0.5) is 0 Å². The average Bonchev–Trinajstić information content (AvgIpc) is 3.22. The molecule has 0 aliphatic carbocycles. The third kappa shape index (κ3) is 4.93. The van der Waals surface area contributed by atoms with Crippen molar-refractivity contribution >= 4 is 17.7 Å². The monoisotopic (exact) mass is 420 g/mol. The summed E-state index contributed by atoms with van der Waals surface area (Å²) in [5, 5.41) is 9.84. The van der Waals surface area contributed by atoms with Crippen LogP contribution in [0.3, 0.4) is 0 Å². The summed E-state index contributed by atoms with van der Waals surface area (Å²) in [5.74, 6) is 1.98. The van der Waals surface area contributed by atoms with Gasteiger partial charge in [-0.05, 0) is 44.7 Å². The Hall–Kier alpha value is -2.60. The molecular formula is C24H28N4OS. The molecule has 0 saturated carbocycles. The van der Waals surface area contributed by atoms with Crippen LogP contribution < -0.4 is 0 Å². The Morgan fingerprint density at radius 2 is 1.70 bits per heavy atom. The fourth-order valence-electron chi connectivity index (χ4n) is 3.75. The standard InChI is InChI=1S/C24H28N4OS/c1-19-12-14-20(15-13-19)23-25-26-24(28(23)21-9-4-2-5-10-21)30-18-8-11-22(29)27-16-6-3-7-17-27/h2,4-5,9-10,12-15H,3,6-8,11,16-18H2,1H3. The quantitative estimate of drug-likeness (QED) is 0.393. The van der Waals surface area contributed by atoms with Crippen LogP contribution in [0.2, 0.25) is 0 Å². The Balaban J connectivity index is 1.46. The van der Waals surface area contributed by atoms with Gasteiger partial charge in [0.05, 0.1) is 0 Å². The maximum absolute atomic E-state index is 12.4. The topological polar surface area (TPSA) is 51.0 Å². The van der Waals surface area contributed by atoms with Gasteiger partial charge in [0.25, 0.3) is 0 Å². The molecule has 2 heterocycles. The molecule has 1 amide bonds. The Morgan fingerprint density at radius 1 is 0.967 bits per heavy atom. The highest BCUT2D eigenvalue weighted by molar-refractivity contribution is 7.99. The number of likely N-dealkylation sites (tertiary alicyclic amines) is 1. The van der Waals surface area contributed by atoms with E-state index in [0.29, 0.717) is 12.3 Å². The molecule has 1 aliphatic rings. The van der Waals surface area contributed by atoms with Gasteiger partial charge in [0.2, 0.25) is 5.91 Å². The van der Waals surface area contributed by atoms with Crippen molar-refractivity contribution in [3.63, 3.8) is 0 Å². The third-order valence-corrected chi connectivity index (χ3v) is 6.45. The molecule has 0 spiro atoms. The maximum Gasteiger partial charge on any atom is 0.222 e. The predicted octanol–water partition coefficient (Wildman–Crippen LogP) is 5.13. The lowest BCUT2D eigenvalue weighted by atomic mass is 10.1. The van der Waals surface area contributed by atoms with Crippen molar-refractivity contribution in [1.82, 2.24) is 19.7 Å². The Labute approximate surface area is 182 Å². The molecule has 3 aromatic rings. The number of amides is 1. The van der Waals surface area contributed by atoms with Gasteiger partial charge in [-0.15, -0.1) is 10.2 Å². The van der Waals surface area contributed by atoms with E-state index < -0.39 is 0 Å². The van der Waals surface area contributed by atoms with E-state index in [4.69, 9.17) is 0 Å². The number of para-hydroxylation sites is 1. The van der Waals surface area contributed by atoms with E-state index in [1.807, 2.05) is 23.1 Å². The average molecular weight is 421 g/mol. The van der Waals surface area contributed by atoms with Crippen molar-refractivity contribution in [2.75, 3.05) is 18.8 Å². The van der Waals surface area contributed by atoms with Gasteiger partial charge in [0.15, 0.2) is 11.0 Å². The molecule has 0 atom stereocenters. The van der Waals surface area contributed by atoms with Gasteiger partial charge in [0, 0.05) is 36.5 Å². The number of piperidine rings is 1. The van der Waals surface area contributed by atoms with E-state index in [1.54, 1.807) is 11.8 Å². The van der Waals surface area contributed by atoms with E-state index in [0.717, 1.165) is 60.3 Å². The molecule has 0 bridgehead atoms. The molecule has 6 heteroatoms. The molecule has 4 rings (SSSR count). The molecule has 1 fully saturated rings. The molecule has 1 aromatic heterocycles. The lowest BCUT2D eigenvalue weighted by Crippen LogP contribution is -2.35. The normalized spacial score (nSPS) is 14.1. The zero-order chi connectivity index (χ0) is 20.8. The fourth-order valence-corrected chi connectivity index (χ4v) is 4.64. The first-order chi connectivity index (χ1) is 14.7. The predicted molar refractivity (Wildman–Crippen MR) is 122 cm³/mol. The van der Waals surface area contributed by atoms with Crippen LogP contribution in [-0.2, 0) is 4.79 Å². The van der Waals surface area contributed by atoms with Gasteiger partial charge in [-0.2, -0.15) is 0 Å². The summed E-state index contributed by atoms with van der Waals surface area (Å²) in [6.07, 6.45) is 4.99. The van der Waals surface area contributed by atoms with Gasteiger partial charge in [-0.3, -0.25) is 9.36 Å². The molecule has 5 nitrogen and oxygen atoms in total. The van der Waals surface area contributed by atoms with E-state index in [2.05, 4.69) is 58.1 Å². The number of hydrogen-bond donors (Lipinski definition) is 0. The highest BCUT2D eigenvalue weighted by atomic mass is 32.2. The highest BCUT2D eigenvalue weighted by Gasteiger charge is 2.18. The number of benzene rings is 2. The number of carbonyl (C=O) groups excluding carboxylic acids is 1. The van der Waals surface area contributed by atoms with Crippen LogP contribution in [-0.4, -0.2) is 44.4 Å². The zero-order valence-electron chi connectivity index (χ0n) is 17.5. The number of hydrogen-bond acceptors (Lipinski definition) is 4. The second kappa shape index (κ2) is 9.94. The first-order valence-corrected chi connectivity index (χ1v) is 11.7. The summed E-state index contributed by atoms with van der Waals surface area (Å²) in [5.41, 5.74) is 3.31. The highest BCUT2D eigenvalue weighted by Crippen LogP contribution is 2.28. The summed E-state index contributed by atoms with van der Waals surface area (Å²) < 4.78 is 2.11. The zero-order valence-corrected chi connectivity index (χ0v) is 18.3. The van der Waals surface area contributed by atoms with Gasteiger partial charge in [-0.25, -0.2) is 0 Å². The summed E-state index contributed by atoms with van der Waals surface area (Å²) in [4.78, 5) is 14.4. The molecule has 1 saturated heterocycles. The molecule has 1 aliphatic heterocycles. The van der Waals surface area contributed by atoms with Crippen molar-refractivity contribution < 1.29 is 4.79 Å². The summed E-state index contributed by atoms with van der Waals surface area (Å²) in [7, 11) is 0. The number of aryl methyl sites for hydroxylation is 1. The Bertz CT molecular complexity index is 963. The molecule has 30 heavy (non-hydrogen) atoms. The van der Waals surface area contributed by atoms with E-state index in [1.165, 1.54) is 12.0 Å². The van der Waals surface area contributed by atoms with Crippen LogP contribution in [0, 0.1) is 6.92 Å². The van der Waals surface area contributed by atoms with Crippen molar-refractivity contribution in [3.05, 3.63) is 60.2 Å². The second-order valence-electron chi connectivity index (χ2n) is 7.74. The van der Waals surface area contributed by atoms with Crippen LogP contribution in [0.5, 0.6) is 0 Å². The van der Waals surface area contributed by atoms with Crippen molar-refractivity contribution in [2.24, 2.45) is 0 Å². The lowest BCUT2D eigenvalue weighted by Gasteiger charge is -2.26. The van der Waals surface area contributed by atoms with Crippen LogP contribution in [0.25, 0.3) is 17.1 Å². The molecule has 0 unspecified atom stereocenters. The largest absolute Gasteiger partial charge is 0.343 e. The van der Waals surface area contributed by atoms with Gasteiger partial charge in [0.1, 0.15) is 0 Å². The lowest BCUT2D eigenvalue weighted by molar-refractivity contribution is -0.132. The van der Waals surface area contributed by atoms with Gasteiger partial charge >= 0.3 is 0 Å². The van der Waals surface area contributed by atoms with Gasteiger partial charge in [-0.1, -0.05) is 59.8 Å². The third-order valence-electron chi connectivity index (χ3n) is 5.43. The first kappa shape index (κ1) is 20.7. The Morgan fingerprint density at radius 3 is 2.43 bits per heavy atom. The molecule has 0 N–H and O–H groups in total. The van der Waals surface area contributed by atoms with Crippen molar-refractivity contribution in [3.8, 4) is 17.1 Å². The molecule has 0 radical (unpaired) electrons. The van der Waals surface area contributed by atoms with E-state index in [9.17, 15) is 4.79 Å². The minimum absolute atomic E-state index is 0.292. The molecule has 2 aromatic carbocycles. The summed E-state index contributed by atoms with van der Waals surface area (Å²) in [6, 6.07) is 18.6. The summed E-state index contributed by atoms with van der Waals surface area (Å²) >= 11 is 1.67. The summed E-state index contributed by atoms with van der Waals surface area (Å²) in [6.45, 7) is 3.93. The number of thioether (sulfide) groups is 1. The second-order valence-corrected chi connectivity index (χ2v) is 8.80. The van der Waals surface area contributed by atoms with Crippen LogP contribution >= 0.6 is 11.8 Å². The van der Waals surface area contributed by atoms with Crippen LogP contribution in [0.15, 0.2) is 59.8 Å². The smallest absolute Gasteiger partial charge is 0.222 e. The first-order valence-electron chi connectivity index (χ1n) is 10.7. The number of aromatic nitrogens is 3. The minimum Gasteiger partial charge on any atom is -0.343 e. The number of nitrogens with zero attached hydrogens (tertiary/aromatic N) is 4. The minimum atomic E-state index is 0.292. The Kier molecular flexibility index (Phi) is 6.84. The van der Waals surface area contributed by atoms with E-state index in [-0.39, 0.29) is 0 Å². The number of rotatable bonds is 7. The SMILES string of the molecule is Cc1ccc(-c2nnc(SCCCC(=O)N3CCCCC3)n2-c2ccccc2)cc1. The van der Waals surface area contributed by atoms with Crippen molar-refractivity contribution in [1.29, 1.82) is 0 Å². The molecular weight excluding hydrogens is 392 g/mol. The number of carbonyl (C=O) groups is 1. The van der Waals surface area contributed by atoms with Crippen LogP contribution in [0.1, 0.15) is 37.7 Å².